The second kappa shape index (κ2) is 9.37. The zero-order valence-corrected chi connectivity index (χ0v) is 18.7. The average Bonchev–Trinajstić information content (AvgIpc) is 3.35. The number of carbonyl (C=O) groups is 1. The van der Waals surface area contributed by atoms with Crippen LogP contribution in [0.5, 0.6) is 5.75 Å². The first kappa shape index (κ1) is 21.8. The number of nitrogens with zero attached hydrogens (tertiary/aromatic N) is 2. The Morgan fingerprint density at radius 2 is 1.97 bits per heavy atom. The summed E-state index contributed by atoms with van der Waals surface area (Å²) in [6.07, 6.45) is 1.61. The van der Waals surface area contributed by atoms with Crippen molar-refractivity contribution in [2.24, 2.45) is 0 Å². The van der Waals surface area contributed by atoms with Gasteiger partial charge >= 0.3 is 0 Å². The van der Waals surface area contributed by atoms with Crippen molar-refractivity contribution in [1.29, 1.82) is 0 Å². The molecule has 9 heteroatoms. The first-order valence-corrected chi connectivity index (χ1v) is 11.0. The molecular weight excluding hydrogens is 448 g/mol. The van der Waals surface area contributed by atoms with Gasteiger partial charge in [-0.15, -0.1) is 0 Å². The van der Waals surface area contributed by atoms with E-state index in [0.717, 1.165) is 5.56 Å². The molecule has 0 radical (unpaired) electrons. The lowest BCUT2D eigenvalue weighted by molar-refractivity contribution is -0.384. The SMILES string of the molecule is CCOc1ccc(-c2ccc(/C=C3\SC(=S)N(Cc4ccccc4)C3=O)o2)c([N+](=O)[O-])c1. The number of thioether (sulfide) groups is 1. The van der Waals surface area contributed by atoms with Crippen LogP contribution in [0.1, 0.15) is 18.2 Å². The van der Waals surface area contributed by atoms with Crippen molar-refractivity contribution in [3.8, 4) is 17.1 Å². The molecule has 2 aromatic carbocycles. The Kier molecular flexibility index (Phi) is 6.38. The molecule has 0 bridgehead atoms. The minimum atomic E-state index is -0.477. The van der Waals surface area contributed by atoms with E-state index < -0.39 is 4.92 Å². The second-order valence-corrected chi connectivity index (χ2v) is 8.50. The average molecular weight is 467 g/mol. The van der Waals surface area contributed by atoms with Gasteiger partial charge < -0.3 is 9.15 Å². The Morgan fingerprint density at radius 3 is 2.69 bits per heavy atom. The maximum absolute atomic E-state index is 12.8. The van der Waals surface area contributed by atoms with Crippen LogP contribution in [-0.4, -0.2) is 26.7 Å². The minimum Gasteiger partial charge on any atom is -0.494 e. The number of hydrogen-bond donors (Lipinski definition) is 0. The topological polar surface area (TPSA) is 85.8 Å². The molecule has 1 fully saturated rings. The second-order valence-electron chi connectivity index (χ2n) is 6.82. The normalized spacial score (nSPS) is 14.9. The van der Waals surface area contributed by atoms with Crippen molar-refractivity contribution in [3.63, 3.8) is 0 Å². The van der Waals surface area contributed by atoms with Crippen LogP contribution in [0, 0.1) is 10.1 Å². The highest BCUT2D eigenvalue weighted by molar-refractivity contribution is 8.26. The first-order chi connectivity index (χ1) is 15.5. The molecule has 0 atom stereocenters. The summed E-state index contributed by atoms with van der Waals surface area (Å²) in [6, 6.07) is 17.5. The fraction of sp³-hybridized carbons (Fsp3) is 0.130. The number of ether oxygens (including phenoxy) is 1. The van der Waals surface area contributed by atoms with Crippen molar-refractivity contribution in [2.45, 2.75) is 13.5 Å². The molecule has 0 aliphatic carbocycles. The molecule has 1 aliphatic rings. The highest BCUT2D eigenvalue weighted by Crippen LogP contribution is 2.37. The van der Waals surface area contributed by atoms with E-state index in [1.807, 2.05) is 30.3 Å². The molecule has 2 heterocycles. The van der Waals surface area contributed by atoms with Gasteiger partial charge in [0.15, 0.2) is 0 Å². The Balaban J connectivity index is 1.57. The predicted molar refractivity (Wildman–Crippen MR) is 127 cm³/mol. The monoisotopic (exact) mass is 466 g/mol. The number of nitro benzene ring substituents is 1. The molecule has 1 amide bonds. The quantitative estimate of drug-likeness (QED) is 0.192. The van der Waals surface area contributed by atoms with E-state index in [9.17, 15) is 14.9 Å². The number of furan rings is 1. The van der Waals surface area contributed by atoms with Crippen LogP contribution in [0.15, 0.2) is 70.0 Å². The van der Waals surface area contributed by atoms with E-state index in [2.05, 4.69) is 0 Å². The number of benzene rings is 2. The Labute approximate surface area is 193 Å². The van der Waals surface area contributed by atoms with Crippen LogP contribution in [0.2, 0.25) is 0 Å². The van der Waals surface area contributed by atoms with Crippen LogP contribution < -0.4 is 4.74 Å². The molecule has 32 heavy (non-hydrogen) atoms. The van der Waals surface area contributed by atoms with E-state index >= 15 is 0 Å². The van der Waals surface area contributed by atoms with E-state index in [1.165, 1.54) is 17.8 Å². The van der Waals surface area contributed by atoms with Gasteiger partial charge in [0.1, 0.15) is 21.6 Å². The molecular formula is C23H18N2O5S2. The van der Waals surface area contributed by atoms with Crippen molar-refractivity contribution >= 4 is 46.0 Å². The molecule has 0 N–H and O–H groups in total. The zero-order chi connectivity index (χ0) is 22.7. The lowest BCUT2D eigenvalue weighted by Gasteiger charge is -2.14. The third-order valence-corrected chi connectivity index (χ3v) is 6.08. The van der Waals surface area contributed by atoms with E-state index in [-0.39, 0.29) is 11.6 Å². The predicted octanol–water partition coefficient (Wildman–Crippen LogP) is 5.65. The number of hydrogen-bond acceptors (Lipinski definition) is 7. The van der Waals surface area contributed by atoms with Gasteiger partial charge in [0.2, 0.25) is 0 Å². The summed E-state index contributed by atoms with van der Waals surface area (Å²) in [5.41, 5.74) is 1.19. The third kappa shape index (κ3) is 4.58. The summed E-state index contributed by atoms with van der Waals surface area (Å²) < 4.78 is 11.6. The summed E-state index contributed by atoms with van der Waals surface area (Å²) in [4.78, 5) is 25.9. The maximum atomic E-state index is 12.8. The minimum absolute atomic E-state index is 0.119. The molecule has 1 aromatic heterocycles. The van der Waals surface area contributed by atoms with Crippen molar-refractivity contribution < 1.29 is 18.9 Å². The Hall–Kier alpha value is -3.43. The molecule has 1 aliphatic heterocycles. The molecule has 7 nitrogen and oxygen atoms in total. The number of amides is 1. The zero-order valence-electron chi connectivity index (χ0n) is 17.0. The number of carbonyl (C=O) groups excluding carboxylic acids is 1. The Morgan fingerprint density at radius 1 is 1.19 bits per heavy atom. The lowest BCUT2D eigenvalue weighted by Crippen LogP contribution is -2.27. The summed E-state index contributed by atoms with van der Waals surface area (Å²) >= 11 is 6.58. The van der Waals surface area contributed by atoms with Crippen LogP contribution in [0.3, 0.4) is 0 Å². The third-order valence-electron chi connectivity index (χ3n) is 4.70. The largest absolute Gasteiger partial charge is 0.494 e. The van der Waals surface area contributed by atoms with Crippen molar-refractivity contribution in [3.05, 3.63) is 87.0 Å². The van der Waals surface area contributed by atoms with E-state index in [4.69, 9.17) is 21.4 Å². The highest BCUT2D eigenvalue weighted by atomic mass is 32.2. The molecule has 4 rings (SSSR count). The fourth-order valence-electron chi connectivity index (χ4n) is 3.23. The molecule has 3 aromatic rings. The van der Waals surface area contributed by atoms with Gasteiger partial charge in [-0.05, 0) is 36.8 Å². The molecule has 0 unspecified atom stereocenters. The van der Waals surface area contributed by atoms with Crippen LogP contribution in [-0.2, 0) is 11.3 Å². The number of thiocarbonyl (C=S) groups is 1. The molecule has 0 spiro atoms. The Bertz CT molecular complexity index is 1220. The first-order valence-electron chi connectivity index (χ1n) is 9.77. The summed E-state index contributed by atoms with van der Waals surface area (Å²) in [7, 11) is 0. The maximum Gasteiger partial charge on any atom is 0.284 e. The fourth-order valence-corrected chi connectivity index (χ4v) is 4.47. The standard InChI is InChI=1S/C23H18N2O5S2/c1-2-29-16-8-10-18(19(12-16)25(27)28)20-11-9-17(30-20)13-21-22(26)24(23(31)32-21)14-15-6-4-3-5-7-15/h3-13H,2,14H2,1H3/b21-13-. The van der Waals surface area contributed by atoms with Crippen molar-refractivity contribution in [1.82, 2.24) is 4.90 Å². The summed E-state index contributed by atoms with van der Waals surface area (Å²) in [5.74, 6) is 0.944. The lowest BCUT2D eigenvalue weighted by atomic mass is 10.1. The smallest absolute Gasteiger partial charge is 0.284 e. The van der Waals surface area contributed by atoms with Gasteiger partial charge in [-0.25, -0.2) is 0 Å². The van der Waals surface area contributed by atoms with Gasteiger partial charge in [0.25, 0.3) is 11.6 Å². The number of nitro groups is 1. The number of rotatable bonds is 7. The molecule has 162 valence electrons. The van der Waals surface area contributed by atoms with Crippen LogP contribution >= 0.6 is 24.0 Å². The van der Waals surface area contributed by atoms with Gasteiger partial charge in [-0.1, -0.05) is 54.3 Å². The van der Waals surface area contributed by atoms with Crippen LogP contribution in [0.4, 0.5) is 5.69 Å². The summed E-state index contributed by atoms with van der Waals surface area (Å²) in [5, 5.41) is 11.5. The van der Waals surface area contributed by atoms with Gasteiger partial charge in [0, 0.05) is 6.08 Å². The van der Waals surface area contributed by atoms with Crippen molar-refractivity contribution in [2.75, 3.05) is 6.61 Å². The van der Waals surface area contributed by atoms with Crippen LogP contribution in [0.25, 0.3) is 17.4 Å². The van der Waals surface area contributed by atoms with Gasteiger partial charge in [-0.3, -0.25) is 19.8 Å². The van der Waals surface area contributed by atoms with Gasteiger partial charge in [0.05, 0.1) is 34.6 Å². The molecule has 1 saturated heterocycles. The molecule has 0 saturated carbocycles. The van der Waals surface area contributed by atoms with E-state index in [0.29, 0.717) is 45.2 Å². The van der Waals surface area contributed by atoms with E-state index in [1.54, 1.807) is 42.2 Å². The highest BCUT2D eigenvalue weighted by Gasteiger charge is 2.32. The summed E-state index contributed by atoms with van der Waals surface area (Å²) in [6.45, 7) is 2.61. The van der Waals surface area contributed by atoms with Gasteiger partial charge in [-0.2, -0.15) is 0 Å².